The molecule has 5 heteroatoms. The molecule has 0 bridgehead atoms. The van der Waals surface area contributed by atoms with Crippen LogP contribution < -0.4 is 0 Å². The summed E-state index contributed by atoms with van der Waals surface area (Å²) in [6.07, 6.45) is 0. The predicted molar refractivity (Wildman–Crippen MR) is 37.4 cm³/mol. The Bertz CT molecular complexity index is 111. The minimum Gasteiger partial charge on any atom is 0.0501 e. The molecular weight excluding hydrogens is 155 g/mol. The topological polar surface area (TPSA) is 0 Å². The molecule has 0 spiro atoms. The number of hydrogen-bond donors (Lipinski definition) is 0. The van der Waals surface area contributed by atoms with Gasteiger partial charge < -0.3 is 0 Å². The summed E-state index contributed by atoms with van der Waals surface area (Å²) in [5, 5.41) is 0. The summed E-state index contributed by atoms with van der Waals surface area (Å²) in [7, 11) is 6.75. The SMILES string of the molecule is P[P+]12P=[P+]1[P-]2. The Kier molecular flexibility index (Phi) is 0.651. The number of fused-ring (bicyclic) bond motifs is 1. The highest BCUT2D eigenvalue weighted by Gasteiger charge is 2.74. The zero-order valence-electron chi connectivity index (χ0n) is 2.37. The first-order valence-corrected chi connectivity index (χ1v) is 11.3. The van der Waals surface area contributed by atoms with Gasteiger partial charge in [0, 0.05) is 0 Å². The Hall–Kier alpha value is 1.89. The van der Waals surface area contributed by atoms with Crippen molar-refractivity contribution >= 4 is 37.0 Å². The Morgan fingerprint density at radius 1 is 2.00 bits per heavy atom. The molecular formula is H2P5+. The zero-order valence-corrected chi connectivity index (χ0v) is 7.10. The van der Waals surface area contributed by atoms with Crippen molar-refractivity contribution < 1.29 is 0 Å². The van der Waals surface area contributed by atoms with Gasteiger partial charge in [-0.3, -0.25) is 0 Å². The fourth-order valence-corrected chi connectivity index (χ4v) is 43.1. The van der Waals surface area contributed by atoms with Gasteiger partial charge in [-0.2, -0.15) is 0 Å². The van der Waals surface area contributed by atoms with Gasteiger partial charge in [0.15, 0.2) is 12.6 Å². The van der Waals surface area contributed by atoms with Crippen LogP contribution >= 0.6 is 37.0 Å². The maximum atomic E-state index is 3.02. The van der Waals surface area contributed by atoms with E-state index in [0.717, 1.165) is 6.59 Å². The van der Waals surface area contributed by atoms with E-state index in [9.17, 15) is 0 Å². The normalized spacial score (nSPS) is 69.4. The van der Waals surface area contributed by atoms with E-state index in [1.54, 1.807) is 0 Å². The van der Waals surface area contributed by atoms with Crippen LogP contribution in [0.15, 0.2) is 0 Å². The van der Waals surface area contributed by atoms with Gasteiger partial charge >= 0.3 is 7.56 Å². The van der Waals surface area contributed by atoms with Gasteiger partial charge in [-0.15, -0.1) is 0 Å². The lowest BCUT2D eigenvalue weighted by Crippen LogP contribution is -0.870. The van der Waals surface area contributed by atoms with Gasteiger partial charge in [-0.05, 0) is 0 Å². The summed E-state index contributed by atoms with van der Waals surface area (Å²) in [5.41, 5.74) is 0. The van der Waals surface area contributed by atoms with Crippen LogP contribution in [0.3, 0.4) is 0 Å². The molecule has 1 fully saturated rings. The van der Waals surface area contributed by atoms with E-state index in [1.165, 1.54) is 0 Å². The molecule has 0 N–H and O–H groups in total. The maximum absolute atomic E-state index is 3.02. The van der Waals surface area contributed by atoms with Crippen LogP contribution in [0, 0.1) is 0 Å². The average Bonchev–Trinajstić information content (AvgIpc) is 1.74. The fraction of sp³-hybridized carbons (Fsp3) is 0. The van der Waals surface area contributed by atoms with E-state index in [-0.39, 0.29) is 6.02 Å². The second-order valence-electron chi connectivity index (χ2n) is 1.06. The van der Waals surface area contributed by atoms with E-state index >= 15 is 0 Å². The molecule has 0 nitrogen and oxygen atoms in total. The average molecular weight is 157 g/mol. The molecule has 3 unspecified atom stereocenters. The second-order valence-corrected chi connectivity index (χ2v) is 28.7. The molecule has 0 radical (unpaired) electrons. The smallest absolute Gasteiger partial charge is 0.0501 e. The maximum Gasteiger partial charge on any atom is 0.330 e. The minimum absolute atomic E-state index is 0.0463. The molecule has 0 aromatic carbocycles. The molecule has 26 valence electrons. The van der Waals surface area contributed by atoms with Crippen LogP contribution in [0.4, 0.5) is 0 Å². The van der Waals surface area contributed by atoms with E-state index in [4.69, 9.17) is 0 Å². The van der Waals surface area contributed by atoms with E-state index < -0.39 is 0 Å². The van der Waals surface area contributed by atoms with Gasteiger partial charge in [0.25, 0.3) is 0 Å². The minimum atomic E-state index is -0.0463. The second kappa shape index (κ2) is 0.848. The van der Waals surface area contributed by atoms with E-state index in [2.05, 4.69) is 8.93 Å². The molecule has 0 amide bonds. The third kappa shape index (κ3) is 0.462. The summed E-state index contributed by atoms with van der Waals surface area (Å²) in [4.78, 5) is 0. The third-order valence-electron chi connectivity index (χ3n) is 0.625. The molecule has 2 aliphatic rings. The lowest BCUT2D eigenvalue weighted by Gasteiger charge is -1.57. The van der Waals surface area contributed by atoms with Gasteiger partial charge in [0.1, 0.15) is 0 Å². The Morgan fingerprint density at radius 2 is 2.20 bits per heavy atom. The molecule has 5 heavy (non-hydrogen) atoms. The van der Waals surface area contributed by atoms with Gasteiger partial charge in [0.05, 0.1) is 16.9 Å². The van der Waals surface area contributed by atoms with Crippen molar-refractivity contribution in [1.82, 2.24) is 0 Å². The fourth-order valence-electron chi connectivity index (χ4n) is 0.204. The Morgan fingerprint density at radius 3 is 2.20 bits per heavy atom. The van der Waals surface area contributed by atoms with Crippen molar-refractivity contribution in [1.29, 1.82) is 0 Å². The lowest BCUT2D eigenvalue weighted by atomic mass is 29.2. The monoisotopic (exact) mass is 157 g/mol. The first-order valence-electron chi connectivity index (χ1n) is 1.26. The molecule has 0 aliphatic carbocycles. The van der Waals surface area contributed by atoms with Crippen molar-refractivity contribution in [3.05, 3.63) is 0 Å². The van der Waals surface area contributed by atoms with Gasteiger partial charge in [-0.1, -0.05) is 0 Å². The molecule has 0 aromatic heterocycles. The van der Waals surface area contributed by atoms with Crippen molar-refractivity contribution in [2.45, 2.75) is 0 Å². The van der Waals surface area contributed by atoms with Crippen LogP contribution in [0.5, 0.6) is 0 Å². The highest BCUT2D eigenvalue weighted by Crippen LogP contribution is 3.43. The first kappa shape index (κ1) is 3.84. The highest BCUT2D eigenvalue weighted by molar-refractivity contribution is 9.49. The van der Waals surface area contributed by atoms with Crippen molar-refractivity contribution in [2.24, 2.45) is 0 Å². The summed E-state index contributed by atoms with van der Waals surface area (Å²) in [6.45, 7) is 0.733. The highest BCUT2D eigenvalue weighted by atomic mass is 33.5. The van der Waals surface area contributed by atoms with Gasteiger partial charge in [0.2, 0.25) is 0 Å². The van der Waals surface area contributed by atoms with E-state index in [1.807, 2.05) is 15.5 Å². The molecule has 3 atom stereocenters. The molecule has 0 aromatic rings. The molecule has 2 heterocycles. The van der Waals surface area contributed by atoms with E-state index in [0.29, 0.717) is 0 Å². The van der Waals surface area contributed by atoms with Crippen LogP contribution in [-0.4, -0.2) is 0 Å². The Labute approximate surface area is 37.7 Å². The summed E-state index contributed by atoms with van der Waals surface area (Å²) in [6, 6.07) is -0.0463. The van der Waals surface area contributed by atoms with Crippen molar-refractivity contribution in [3.63, 3.8) is 0 Å². The van der Waals surface area contributed by atoms with Crippen molar-refractivity contribution in [3.8, 4) is 0 Å². The van der Waals surface area contributed by atoms with Crippen LogP contribution in [0.1, 0.15) is 0 Å². The number of rotatable bonds is 0. The quantitative estimate of drug-likeness (QED) is 0.469. The van der Waals surface area contributed by atoms with Crippen LogP contribution in [-0.2, 0) is 0 Å². The standard InChI is InChI=1S/H2P5/c1-5-2-4(5)3-5/h1H2/q+1. The summed E-state index contributed by atoms with van der Waals surface area (Å²) < 4.78 is 0. The lowest BCUT2D eigenvalue weighted by molar-refractivity contribution is 5.19. The van der Waals surface area contributed by atoms with Crippen LogP contribution in [0.2, 0.25) is 0 Å². The molecule has 2 rings (SSSR count). The molecule has 2 aliphatic heterocycles. The number of hydrogen-bond acceptors (Lipinski definition) is 0. The third-order valence-corrected chi connectivity index (χ3v) is 41.0. The molecule has 1 saturated heterocycles. The zero-order chi connectivity index (χ0) is 3.49. The largest absolute Gasteiger partial charge is 0.330 e. The van der Waals surface area contributed by atoms with Crippen molar-refractivity contribution in [2.75, 3.05) is 0 Å². The summed E-state index contributed by atoms with van der Waals surface area (Å²) >= 11 is 0. The Balaban J connectivity index is 2.55. The van der Waals surface area contributed by atoms with Gasteiger partial charge in [-0.25, -0.2) is 0 Å². The first-order chi connectivity index (χ1) is 2.31. The predicted octanol–water partition coefficient (Wildman–Crippen LogP) is 3.77. The summed E-state index contributed by atoms with van der Waals surface area (Å²) in [5.74, 6) is 0. The van der Waals surface area contributed by atoms with Crippen LogP contribution in [0.25, 0.3) is 0 Å². The molecule has 0 saturated carbocycles.